The highest BCUT2D eigenvalue weighted by molar-refractivity contribution is 5.75. The molecule has 0 saturated heterocycles. The monoisotopic (exact) mass is 243 g/mol. The molecule has 3 nitrogen and oxygen atoms in total. The van der Waals surface area contributed by atoms with Crippen molar-refractivity contribution in [2.75, 3.05) is 0 Å². The van der Waals surface area contributed by atoms with E-state index in [4.69, 9.17) is 10.5 Å². The topological polar surface area (TPSA) is 71.4 Å². The quantitative estimate of drug-likeness (QED) is 0.771. The molecular weight excluding hydrogens is 234 g/mol. The molecule has 0 aromatic heterocycles. The van der Waals surface area contributed by atoms with Crippen molar-refractivity contribution in [1.29, 1.82) is 15.8 Å². The van der Waals surface area contributed by atoms with Crippen LogP contribution in [0.5, 0.6) is 0 Å². The third kappa shape index (κ3) is 2.29. The molecule has 2 aromatic rings. The predicted octanol–water partition coefficient (Wildman–Crippen LogP) is 3.28. The Balaban J connectivity index is 2.80. The summed E-state index contributed by atoms with van der Waals surface area (Å²) < 4.78 is 0. The van der Waals surface area contributed by atoms with Crippen LogP contribution in [0.3, 0.4) is 0 Å². The van der Waals surface area contributed by atoms with Gasteiger partial charge in [-0.2, -0.15) is 15.8 Å². The Labute approximate surface area is 111 Å². The van der Waals surface area contributed by atoms with Gasteiger partial charge in [-0.1, -0.05) is 29.8 Å². The molecule has 0 spiro atoms. The molecule has 0 unspecified atom stereocenters. The molecule has 88 valence electrons. The van der Waals surface area contributed by atoms with Gasteiger partial charge >= 0.3 is 0 Å². The number of aryl methyl sites for hydroxylation is 1. The predicted molar refractivity (Wildman–Crippen MR) is 70.8 cm³/mol. The zero-order valence-corrected chi connectivity index (χ0v) is 10.3. The van der Waals surface area contributed by atoms with E-state index in [0.717, 1.165) is 11.1 Å². The molecule has 0 aliphatic rings. The van der Waals surface area contributed by atoms with Crippen LogP contribution in [0.4, 0.5) is 0 Å². The van der Waals surface area contributed by atoms with Crippen molar-refractivity contribution in [2.45, 2.75) is 6.92 Å². The molecule has 19 heavy (non-hydrogen) atoms. The highest BCUT2D eigenvalue weighted by Gasteiger charge is 2.12. The Kier molecular flexibility index (Phi) is 3.29. The summed E-state index contributed by atoms with van der Waals surface area (Å²) in [6, 6.07) is 16.8. The molecule has 0 fully saturated rings. The van der Waals surface area contributed by atoms with Crippen LogP contribution in [0.2, 0.25) is 0 Å². The number of nitrogens with zero attached hydrogens (tertiary/aromatic N) is 3. The first-order chi connectivity index (χ1) is 9.19. The van der Waals surface area contributed by atoms with Crippen molar-refractivity contribution in [3.05, 3.63) is 58.7 Å². The first-order valence-electron chi connectivity index (χ1n) is 5.65. The molecule has 0 aliphatic heterocycles. The van der Waals surface area contributed by atoms with E-state index in [0.29, 0.717) is 16.7 Å². The van der Waals surface area contributed by atoms with Crippen molar-refractivity contribution in [2.24, 2.45) is 0 Å². The maximum Gasteiger partial charge on any atom is 0.101 e. The number of benzene rings is 2. The lowest BCUT2D eigenvalue weighted by atomic mass is 9.93. The third-order valence-electron chi connectivity index (χ3n) is 2.83. The standard InChI is InChI=1S/C16H9N3/c1-11-3-2-4-13(5-11)15-7-12(8-17)6-14(9-18)16(15)10-19/h2-7H,1H3. The maximum absolute atomic E-state index is 9.24. The minimum Gasteiger partial charge on any atom is -0.192 e. The Morgan fingerprint density at radius 2 is 1.68 bits per heavy atom. The summed E-state index contributed by atoms with van der Waals surface area (Å²) >= 11 is 0. The van der Waals surface area contributed by atoms with Crippen LogP contribution in [-0.4, -0.2) is 0 Å². The van der Waals surface area contributed by atoms with Crippen LogP contribution < -0.4 is 0 Å². The third-order valence-corrected chi connectivity index (χ3v) is 2.83. The normalized spacial score (nSPS) is 9.16. The van der Waals surface area contributed by atoms with E-state index in [1.165, 1.54) is 6.07 Å². The van der Waals surface area contributed by atoms with Crippen LogP contribution >= 0.6 is 0 Å². The summed E-state index contributed by atoms with van der Waals surface area (Å²) in [4.78, 5) is 0. The average Bonchev–Trinajstić information content (AvgIpc) is 2.45. The van der Waals surface area contributed by atoms with Crippen molar-refractivity contribution in [3.63, 3.8) is 0 Å². The summed E-state index contributed by atoms with van der Waals surface area (Å²) in [7, 11) is 0. The van der Waals surface area contributed by atoms with E-state index in [9.17, 15) is 5.26 Å². The SMILES string of the molecule is Cc1cccc(-c2cc(C#N)cc(C#N)c2C#N)c1. The zero-order chi connectivity index (χ0) is 13.8. The molecule has 2 aromatic carbocycles. The molecule has 0 amide bonds. The molecule has 0 saturated carbocycles. The van der Waals surface area contributed by atoms with Gasteiger partial charge in [-0.3, -0.25) is 0 Å². The van der Waals surface area contributed by atoms with Gasteiger partial charge in [0, 0.05) is 5.56 Å². The Hall–Kier alpha value is -3.09. The lowest BCUT2D eigenvalue weighted by Crippen LogP contribution is -1.92. The van der Waals surface area contributed by atoms with Crippen molar-refractivity contribution in [3.8, 4) is 29.3 Å². The Bertz CT molecular complexity index is 768. The summed E-state index contributed by atoms with van der Waals surface area (Å²) in [6.07, 6.45) is 0. The fraction of sp³-hybridized carbons (Fsp3) is 0.0625. The van der Waals surface area contributed by atoms with Crippen molar-refractivity contribution >= 4 is 0 Å². The molecule has 0 bridgehead atoms. The van der Waals surface area contributed by atoms with Gasteiger partial charge in [-0.25, -0.2) is 0 Å². The largest absolute Gasteiger partial charge is 0.192 e. The van der Waals surface area contributed by atoms with Crippen molar-refractivity contribution < 1.29 is 0 Å². The molecular formula is C16H9N3. The van der Waals surface area contributed by atoms with Gasteiger partial charge in [0.2, 0.25) is 0 Å². The van der Waals surface area contributed by atoms with E-state index >= 15 is 0 Å². The molecule has 0 aliphatic carbocycles. The van der Waals surface area contributed by atoms with E-state index < -0.39 is 0 Å². The van der Waals surface area contributed by atoms with E-state index in [1.807, 2.05) is 43.3 Å². The molecule has 0 radical (unpaired) electrons. The summed E-state index contributed by atoms with van der Waals surface area (Å²) in [5.74, 6) is 0. The van der Waals surface area contributed by atoms with Gasteiger partial charge in [0.1, 0.15) is 12.1 Å². The number of hydrogen-bond acceptors (Lipinski definition) is 3. The molecule has 0 N–H and O–H groups in total. The highest BCUT2D eigenvalue weighted by atomic mass is 14.3. The number of hydrogen-bond donors (Lipinski definition) is 0. The smallest absolute Gasteiger partial charge is 0.101 e. The Morgan fingerprint density at radius 3 is 2.26 bits per heavy atom. The lowest BCUT2D eigenvalue weighted by molar-refractivity contribution is 1.39. The van der Waals surface area contributed by atoms with Gasteiger partial charge in [-0.05, 0) is 24.6 Å². The number of nitriles is 3. The maximum atomic E-state index is 9.24. The van der Waals surface area contributed by atoms with Gasteiger partial charge in [0.25, 0.3) is 0 Å². The zero-order valence-electron chi connectivity index (χ0n) is 10.3. The molecule has 2 rings (SSSR count). The highest BCUT2D eigenvalue weighted by Crippen LogP contribution is 2.27. The van der Waals surface area contributed by atoms with E-state index in [-0.39, 0.29) is 5.56 Å². The van der Waals surface area contributed by atoms with Crippen LogP contribution in [0, 0.1) is 40.9 Å². The molecule has 3 heteroatoms. The van der Waals surface area contributed by atoms with Gasteiger partial charge in [-0.15, -0.1) is 0 Å². The van der Waals surface area contributed by atoms with Crippen molar-refractivity contribution in [1.82, 2.24) is 0 Å². The van der Waals surface area contributed by atoms with Crippen LogP contribution in [0.15, 0.2) is 36.4 Å². The average molecular weight is 243 g/mol. The Morgan fingerprint density at radius 1 is 0.895 bits per heavy atom. The minimum atomic E-state index is 0.234. The van der Waals surface area contributed by atoms with Gasteiger partial charge in [0.15, 0.2) is 0 Å². The number of rotatable bonds is 1. The fourth-order valence-electron chi connectivity index (χ4n) is 1.96. The first kappa shape index (κ1) is 12.4. The molecule has 0 heterocycles. The van der Waals surface area contributed by atoms with Crippen LogP contribution in [0.1, 0.15) is 22.3 Å². The van der Waals surface area contributed by atoms with Crippen LogP contribution in [0.25, 0.3) is 11.1 Å². The van der Waals surface area contributed by atoms with Gasteiger partial charge < -0.3 is 0 Å². The fourth-order valence-corrected chi connectivity index (χ4v) is 1.96. The van der Waals surface area contributed by atoms with Gasteiger partial charge in [0.05, 0.1) is 22.8 Å². The second-order valence-corrected chi connectivity index (χ2v) is 4.15. The minimum absolute atomic E-state index is 0.234. The summed E-state index contributed by atoms with van der Waals surface area (Å²) in [5, 5.41) is 27.3. The lowest BCUT2D eigenvalue weighted by Gasteiger charge is -2.07. The summed E-state index contributed by atoms with van der Waals surface area (Å²) in [5.41, 5.74) is 3.45. The van der Waals surface area contributed by atoms with Crippen LogP contribution in [-0.2, 0) is 0 Å². The second kappa shape index (κ2) is 5.05. The second-order valence-electron chi connectivity index (χ2n) is 4.15. The van der Waals surface area contributed by atoms with E-state index in [2.05, 4.69) is 6.07 Å². The molecule has 0 atom stereocenters. The first-order valence-corrected chi connectivity index (χ1v) is 5.65. The van der Waals surface area contributed by atoms with E-state index in [1.54, 1.807) is 6.07 Å². The summed E-state index contributed by atoms with van der Waals surface area (Å²) in [6.45, 7) is 1.95.